The number of hydrogen-bond acceptors (Lipinski definition) is 2. The van der Waals surface area contributed by atoms with E-state index in [4.69, 9.17) is 11.6 Å². The molecule has 3 nitrogen and oxygen atoms in total. The molecule has 0 unspecified atom stereocenters. The van der Waals surface area contributed by atoms with Gasteiger partial charge in [0.15, 0.2) is 0 Å². The largest absolute Gasteiger partial charge is 0.219 e. The standard InChI is InChI=1S/C16H12ClN3/c17-15-8-4-5-9-16(15)20-12-14(18-19-20)11-10-13-6-2-1-3-7-13/h1-12H/b11-10+. The van der Waals surface area contributed by atoms with E-state index in [2.05, 4.69) is 10.3 Å². The summed E-state index contributed by atoms with van der Waals surface area (Å²) in [4.78, 5) is 0. The van der Waals surface area contributed by atoms with Gasteiger partial charge in [0.05, 0.1) is 16.9 Å². The van der Waals surface area contributed by atoms with E-state index in [1.807, 2.05) is 72.9 Å². The van der Waals surface area contributed by atoms with Crippen LogP contribution in [-0.2, 0) is 0 Å². The molecule has 20 heavy (non-hydrogen) atoms. The summed E-state index contributed by atoms with van der Waals surface area (Å²) in [6.07, 6.45) is 5.78. The maximum atomic E-state index is 6.13. The molecule has 0 aliphatic heterocycles. The van der Waals surface area contributed by atoms with Crippen LogP contribution in [0.4, 0.5) is 0 Å². The Morgan fingerprint density at radius 1 is 0.900 bits per heavy atom. The van der Waals surface area contributed by atoms with E-state index in [0.717, 1.165) is 16.9 Å². The lowest BCUT2D eigenvalue weighted by molar-refractivity contribution is 0.803. The van der Waals surface area contributed by atoms with Gasteiger partial charge in [-0.15, -0.1) is 5.10 Å². The van der Waals surface area contributed by atoms with Crippen LogP contribution in [0, 0.1) is 0 Å². The molecule has 0 aliphatic carbocycles. The first-order valence-corrected chi connectivity index (χ1v) is 6.61. The van der Waals surface area contributed by atoms with Crippen molar-refractivity contribution in [2.24, 2.45) is 0 Å². The lowest BCUT2D eigenvalue weighted by atomic mass is 10.2. The van der Waals surface area contributed by atoms with Gasteiger partial charge in [0.2, 0.25) is 0 Å². The number of nitrogens with zero attached hydrogens (tertiary/aromatic N) is 3. The molecule has 0 N–H and O–H groups in total. The molecular formula is C16H12ClN3. The van der Waals surface area contributed by atoms with Gasteiger partial charge in [-0.25, -0.2) is 4.68 Å². The minimum absolute atomic E-state index is 0.649. The van der Waals surface area contributed by atoms with Crippen LogP contribution < -0.4 is 0 Å². The Hall–Kier alpha value is -2.39. The third kappa shape index (κ3) is 2.78. The van der Waals surface area contributed by atoms with Crippen LogP contribution in [0.15, 0.2) is 60.8 Å². The summed E-state index contributed by atoms with van der Waals surface area (Å²) in [7, 11) is 0. The van der Waals surface area contributed by atoms with Gasteiger partial charge in [-0.1, -0.05) is 65.4 Å². The number of halogens is 1. The molecule has 0 amide bonds. The molecule has 1 aromatic heterocycles. The minimum Gasteiger partial charge on any atom is -0.219 e. The van der Waals surface area contributed by atoms with Crippen LogP contribution >= 0.6 is 11.6 Å². The summed E-state index contributed by atoms with van der Waals surface area (Å²) < 4.78 is 1.67. The Labute approximate surface area is 122 Å². The Kier molecular flexibility index (Phi) is 3.61. The van der Waals surface area contributed by atoms with Gasteiger partial charge >= 0.3 is 0 Å². The molecule has 0 aliphatic rings. The SMILES string of the molecule is Clc1ccccc1-n1cc(/C=C/c2ccccc2)nn1. The van der Waals surface area contributed by atoms with Crippen molar-refractivity contribution in [3.05, 3.63) is 77.1 Å². The highest BCUT2D eigenvalue weighted by Gasteiger charge is 2.03. The molecular weight excluding hydrogens is 270 g/mol. The summed E-state index contributed by atoms with van der Waals surface area (Å²) in [6.45, 7) is 0. The topological polar surface area (TPSA) is 30.7 Å². The van der Waals surface area contributed by atoms with Crippen LogP contribution in [0.3, 0.4) is 0 Å². The zero-order chi connectivity index (χ0) is 13.8. The third-order valence-corrected chi connectivity index (χ3v) is 3.18. The molecule has 1 heterocycles. The van der Waals surface area contributed by atoms with E-state index in [1.54, 1.807) is 4.68 Å². The Morgan fingerprint density at radius 2 is 1.65 bits per heavy atom. The summed E-state index contributed by atoms with van der Waals surface area (Å²) in [6, 6.07) is 17.6. The molecule has 2 aromatic carbocycles. The van der Waals surface area contributed by atoms with Crippen LogP contribution in [0.25, 0.3) is 17.8 Å². The fourth-order valence-electron chi connectivity index (χ4n) is 1.85. The summed E-state index contributed by atoms with van der Waals surface area (Å²) in [5.74, 6) is 0. The highest BCUT2D eigenvalue weighted by Crippen LogP contribution is 2.19. The first-order chi connectivity index (χ1) is 9.83. The quantitative estimate of drug-likeness (QED) is 0.724. The lowest BCUT2D eigenvalue weighted by Gasteiger charge is -2.00. The second kappa shape index (κ2) is 5.72. The molecule has 3 aromatic rings. The van der Waals surface area contributed by atoms with Crippen LogP contribution in [0.2, 0.25) is 5.02 Å². The fraction of sp³-hybridized carbons (Fsp3) is 0. The van der Waals surface area contributed by atoms with E-state index >= 15 is 0 Å². The van der Waals surface area contributed by atoms with Crippen molar-refractivity contribution in [2.75, 3.05) is 0 Å². The summed E-state index contributed by atoms with van der Waals surface area (Å²) in [5, 5.41) is 8.86. The zero-order valence-electron chi connectivity index (χ0n) is 10.6. The van der Waals surface area contributed by atoms with Crippen LogP contribution in [0.1, 0.15) is 11.3 Å². The normalized spacial score (nSPS) is 11.1. The van der Waals surface area contributed by atoms with Crippen molar-refractivity contribution < 1.29 is 0 Å². The van der Waals surface area contributed by atoms with Gasteiger partial charge in [0, 0.05) is 0 Å². The molecule has 0 saturated heterocycles. The smallest absolute Gasteiger partial charge is 0.106 e. The third-order valence-electron chi connectivity index (χ3n) is 2.86. The Bertz CT molecular complexity index is 732. The molecule has 0 spiro atoms. The van der Waals surface area contributed by atoms with Crippen LogP contribution in [-0.4, -0.2) is 15.0 Å². The second-order valence-corrected chi connectivity index (χ2v) is 4.69. The average Bonchev–Trinajstić information content (AvgIpc) is 2.95. The molecule has 0 atom stereocenters. The maximum Gasteiger partial charge on any atom is 0.106 e. The Morgan fingerprint density at radius 3 is 2.45 bits per heavy atom. The van der Waals surface area contributed by atoms with E-state index in [0.29, 0.717) is 5.02 Å². The molecule has 4 heteroatoms. The zero-order valence-corrected chi connectivity index (χ0v) is 11.4. The summed E-state index contributed by atoms with van der Waals surface area (Å²) in [5.41, 5.74) is 2.73. The van der Waals surface area contributed by atoms with E-state index in [-0.39, 0.29) is 0 Å². The van der Waals surface area contributed by atoms with Gasteiger partial charge in [0.25, 0.3) is 0 Å². The number of rotatable bonds is 3. The number of para-hydroxylation sites is 1. The van der Waals surface area contributed by atoms with Crippen molar-refractivity contribution in [2.45, 2.75) is 0 Å². The number of aromatic nitrogens is 3. The highest BCUT2D eigenvalue weighted by atomic mass is 35.5. The van der Waals surface area contributed by atoms with Crippen molar-refractivity contribution >= 4 is 23.8 Å². The number of benzene rings is 2. The van der Waals surface area contributed by atoms with Gasteiger partial charge < -0.3 is 0 Å². The van der Waals surface area contributed by atoms with Crippen molar-refractivity contribution in [3.63, 3.8) is 0 Å². The molecule has 0 bridgehead atoms. The van der Waals surface area contributed by atoms with E-state index in [9.17, 15) is 0 Å². The fourth-order valence-corrected chi connectivity index (χ4v) is 2.08. The lowest BCUT2D eigenvalue weighted by Crippen LogP contribution is -1.95. The first-order valence-electron chi connectivity index (χ1n) is 6.23. The minimum atomic E-state index is 0.649. The summed E-state index contributed by atoms with van der Waals surface area (Å²) >= 11 is 6.13. The molecule has 3 rings (SSSR count). The van der Waals surface area contributed by atoms with Gasteiger partial charge in [0.1, 0.15) is 5.69 Å². The van der Waals surface area contributed by atoms with Crippen molar-refractivity contribution in [1.82, 2.24) is 15.0 Å². The molecule has 98 valence electrons. The van der Waals surface area contributed by atoms with Crippen molar-refractivity contribution in [1.29, 1.82) is 0 Å². The maximum absolute atomic E-state index is 6.13. The van der Waals surface area contributed by atoms with E-state index in [1.165, 1.54) is 0 Å². The number of hydrogen-bond donors (Lipinski definition) is 0. The highest BCUT2D eigenvalue weighted by molar-refractivity contribution is 6.32. The molecule has 0 radical (unpaired) electrons. The predicted octanol–water partition coefficient (Wildman–Crippen LogP) is 4.09. The predicted molar refractivity (Wildman–Crippen MR) is 81.7 cm³/mol. The van der Waals surface area contributed by atoms with Crippen molar-refractivity contribution in [3.8, 4) is 5.69 Å². The van der Waals surface area contributed by atoms with Gasteiger partial charge in [-0.2, -0.15) is 0 Å². The van der Waals surface area contributed by atoms with E-state index < -0.39 is 0 Å². The first kappa shape index (κ1) is 12.6. The molecule has 0 saturated carbocycles. The Balaban J connectivity index is 1.85. The van der Waals surface area contributed by atoms with Crippen LogP contribution in [0.5, 0.6) is 0 Å². The average molecular weight is 282 g/mol. The molecule has 0 fully saturated rings. The van der Waals surface area contributed by atoms with Gasteiger partial charge in [-0.3, -0.25) is 0 Å². The monoisotopic (exact) mass is 281 g/mol. The second-order valence-electron chi connectivity index (χ2n) is 4.28. The van der Waals surface area contributed by atoms with Gasteiger partial charge in [-0.05, 0) is 23.8 Å².